The summed E-state index contributed by atoms with van der Waals surface area (Å²) in [6.45, 7) is 7.06. The molecule has 0 atom stereocenters. The van der Waals surface area contributed by atoms with Gasteiger partial charge < -0.3 is 21.3 Å². The number of rotatable bonds is 9. The lowest BCUT2D eigenvalue weighted by molar-refractivity contribution is 0.0951. The minimum atomic E-state index is -0.0642. The Morgan fingerprint density at radius 3 is 2.60 bits per heavy atom. The van der Waals surface area contributed by atoms with Gasteiger partial charge in [0.15, 0.2) is 5.96 Å². The third kappa shape index (κ3) is 11.0. The van der Waals surface area contributed by atoms with Crippen molar-refractivity contribution in [3.63, 3.8) is 0 Å². The summed E-state index contributed by atoms with van der Waals surface area (Å²) in [5, 5.41) is 6.01. The molecule has 0 unspecified atom stereocenters. The predicted octanol–water partition coefficient (Wildman–Crippen LogP) is 2.05. The molecule has 6 nitrogen and oxygen atoms in total. The number of carbonyl (C=O) groups excluding carboxylic acids is 1. The van der Waals surface area contributed by atoms with Crippen molar-refractivity contribution < 1.29 is 4.79 Å². The highest BCUT2D eigenvalue weighted by molar-refractivity contribution is 14.0. The van der Waals surface area contributed by atoms with E-state index in [1.165, 1.54) is 0 Å². The van der Waals surface area contributed by atoms with Gasteiger partial charge in [-0.15, -0.1) is 24.0 Å². The van der Waals surface area contributed by atoms with E-state index in [0.29, 0.717) is 30.5 Å². The number of likely N-dealkylation sites (N-methyl/N-ethyl adjacent to an activating group) is 1. The standard InChI is InChI=1S/C18H31N5O.HI/c1-14(2)8-9-21-18(19)22-13-15-6-5-7-16(12-15)17(24)20-10-11-23(3)4;/h5-7,12,14H,8-11,13H2,1-4H3,(H,20,24)(H3,19,21,22);1H. The smallest absolute Gasteiger partial charge is 0.251 e. The molecule has 142 valence electrons. The maximum Gasteiger partial charge on any atom is 0.251 e. The van der Waals surface area contributed by atoms with Crippen LogP contribution in [0.15, 0.2) is 29.3 Å². The van der Waals surface area contributed by atoms with Crippen molar-refractivity contribution in [2.45, 2.75) is 26.8 Å². The summed E-state index contributed by atoms with van der Waals surface area (Å²) in [5.41, 5.74) is 7.46. The maximum atomic E-state index is 12.1. The molecule has 0 saturated heterocycles. The summed E-state index contributed by atoms with van der Waals surface area (Å²) in [7, 11) is 3.95. The number of nitrogens with two attached hydrogens (primary N) is 1. The molecule has 1 rings (SSSR count). The topological polar surface area (TPSA) is 82.7 Å². The van der Waals surface area contributed by atoms with Crippen LogP contribution in [0.4, 0.5) is 0 Å². The largest absolute Gasteiger partial charge is 0.370 e. The number of aliphatic imine (C=N–C) groups is 1. The van der Waals surface area contributed by atoms with Crippen LogP contribution >= 0.6 is 24.0 Å². The summed E-state index contributed by atoms with van der Waals surface area (Å²) in [4.78, 5) is 18.5. The molecule has 0 radical (unpaired) electrons. The van der Waals surface area contributed by atoms with Crippen molar-refractivity contribution in [3.8, 4) is 0 Å². The molecular weight excluding hydrogens is 429 g/mol. The Hall–Kier alpha value is -1.35. The van der Waals surface area contributed by atoms with Crippen molar-refractivity contribution in [1.29, 1.82) is 0 Å². The zero-order valence-corrected chi connectivity index (χ0v) is 18.0. The molecule has 0 fully saturated rings. The summed E-state index contributed by atoms with van der Waals surface area (Å²) < 4.78 is 0. The van der Waals surface area contributed by atoms with E-state index in [1.54, 1.807) is 0 Å². The number of hydrogen-bond donors (Lipinski definition) is 3. The molecule has 7 heteroatoms. The lowest BCUT2D eigenvalue weighted by Crippen LogP contribution is -2.33. The SMILES string of the molecule is CC(C)CCNC(N)=NCc1cccc(C(=O)NCCN(C)C)c1.I. The van der Waals surface area contributed by atoms with Crippen LogP contribution in [0.2, 0.25) is 0 Å². The van der Waals surface area contributed by atoms with Gasteiger partial charge in [0.25, 0.3) is 5.91 Å². The zero-order chi connectivity index (χ0) is 17.9. The first kappa shape index (κ1) is 23.6. The Labute approximate surface area is 168 Å². The number of halogens is 1. The van der Waals surface area contributed by atoms with Crippen molar-refractivity contribution in [3.05, 3.63) is 35.4 Å². The molecule has 0 aromatic heterocycles. The molecule has 0 aliphatic rings. The maximum absolute atomic E-state index is 12.1. The fraction of sp³-hybridized carbons (Fsp3) is 0.556. The number of hydrogen-bond acceptors (Lipinski definition) is 3. The lowest BCUT2D eigenvalue weighted by Gasteiger charge is -2.11. The van der Waals surface area contributed by atoms with Crippen LogP contribution in [0.25, 0.3) is 0 Å². The third-order valence-corrected chi connectivity index (χ3v) is 3.49. The summed E-state index contributed by atoms with van der Waals surface area (Å²) >= 11 is 0. The van der Waals surface area contributed by atoms with Gasteiger partial charge in [0.2, 0.25) is 0 Å². The minimum absolute atomic E-state index is 0. The molecule has 25 heavy (non-hydrogen) atoms. The van der Waals surface area contributed by atoms with E-state index < -0.39 is 0 Å². The fourth-order valence-electron chi connectivity index (χ4n) is 2.03. The van der Waals surface area contributed by atoms with Crippen LogP contribution in [0, 0.1) is 5.92 Å². The number of carbonyl (C=O) groups is 1. The first-order valence-electron chi connectivity index (χ1n) is 8.44. The first-order valence-corrected chi connectivity index (χ1v) is 8.44. The van der Waals surface area contributed by atoms with Gasteiger partial charge in [-0.3, -0.25) is 4.79 Å². The van der Waals surface area contributed by atoms with Crippen molar-refractivity contribution >= 4 is 35.8 Å². The van der Waals surface area contributed by atoms with Crippen LogP contribution < -0.4 is 16.4 Å². The number of nitrogens with zero attached hydrogens (tertiary/aromatic N) is 2. The van der Waals surface area contributed by atoms with E-state index in [9.17, 15) is 4.79 Å². The quantitative estimate of drug-likeness (QED) is 0.299. The van der Waals surface area contributed by atoms with E-state index in [1.807, 2.05) is 43.3 Å². The van der Waals surface area contributed by atoms with Crippen LogP contribution in [0.1, 0.15) is 36.2 Å². The average Bonchev–Trinajstić information content (AvgIpc) is 2.52. The summed E-state index contributed by atoms with van der Waals surface area (Å²) in [6, 6.07) is 7.48. The molecule has 1 amide bonds. The Bertz CT molecular complexity index is 546. The molecule has 1 aromatic rings. The van der Waals surface area contributed by atoms with Crippen molar-refractivity contribution in [2.24, 2.45) is 16.6 Å². The predicted molar refractivity (Wildman–Crippen MR) is 116 cm³/mol. The number of guanidine groups is 1. The summed E-state index contributed by atoms with van der Waals surface area (Å²) in [5.74, 6) is 1.01. The molecule has 0 aliphatic heterocycles. The highest BCUT2D eigenvalue weighted by Gasteiger charge is 2.06. The van der Waals surface area contributed by atoms with Gasteiger partial charge in [0.05, 0.1) is 6.54 Å². The molecular formula is C18H32IN5O. The van der Waals surface area contributed by atoms with Gasteiger partial charge in [0, 0.05) is 25.2 Å². The molecule has 0 heterocycles. The fourth-order valence-corrected chi connectivity index (χ4v) is 2.03. The second-order valence-corrected chi connectivity index (χ2v) is 6.57. The van der Waals surface area contributed by atoms with Crippen molar-refractivity contribution in [1.82, 2.24) is 15.5 Å². The third-order valence-electron chi connectivity index (χ3n) is 3.49. The molecule has 0 spiro atoms. The summed E-state index contributed by atoms with van der Waals surface area (Å²) in [6.07, 6.45) is 1.05. The number of nitrogens with one attached hydrogen (secondary N) is 2. The van der Waals surface area contributed by atoms with Crippen molar-refractivity contribution in [2.75, 3.05) is 33.7 Å². The Kier molecular flexibility index (Phi) is 12.2. The normalized spacial score (nSPS) is 11.4. The highest BCUT2D eigenvalue weighted by Crippen LogP contribution is 2.06. The monoisotopic (exact) mass is 461 g/mol. The van der Waals surface area contributed by atoms with E-state index >= 15 is 0 Å². The average molecular weight is 461 g/mol. The zero-order valence-electron chi connectivity index (χ0n) is 15.7. The van der Waals surface area contributed by atoms with Crippen LogP contribution in [-0.4, -0.2) is 50.5 Å². The van der Waals surface area contributed by atoms with E-state index in [0.717, 1.165) is 25.1 Å². The van der Waals surface area contributed by atoms with Gasteiger partial charge >= 0.3 is 0 Å². The number of benzene rings is 1. The lowest BCUT2D eigenvalue weighted by atomic mass is 10.1. The molecule has 4 N–H and O–H groups in total. The number of amides is 1. The van der Waals surface area contributed by atoms with Gasteiger partial charge in [-0.05, 0) is 44.1 Å². The van der Waals surface area contributed by atoms with E-state index in [2.05, 4.69) is 29.5 Å². The Balaban J connectivity index is 0.00000576. The van der Waals surface area contributed by atoms with Gasteiger partial charge in [-0.2, -0.15) is 0 Å². The molecule has 0 bridgehead atoms. The molecule has 0 saturated carbocycles. The first-order chi connectivity index (χ1) is 11.4. The molecule has 0 aliphatic carbocycles. The van der Waals surface area contributed by atoms with Gasteiger partial charge in [-0.25, -0.2) is 4.99 Å². The minimum Gasteiger partial charge on any atom is -0.370 e. The molecule has 1 aromatic carbocycles. The van der Waals surface area contributed by atoms with Gasteiger partial charge in [-0.1, -0.05) is 26.0 Å². The van der Waals surface area contributed by atoms with Gasteiger partial charge in [0.1, 0.15) is 0 Å². The van der Waals surface area contributed by atoms with E-state index in [4.69, 9.17) is 5.73 Å². The van der Waals surface area contributed by atoms with Crippen LogP contribution in [-0.2, 0) is 6.54 Å². The second-order valence-electron chi connectivity index (χ2n) is 6.57. The van der Waals surface area contributed by atoms with E-state index in [-0.39, 0.29) is 29.9 Å². The highest BCUT2D eigenvalue weighted by atomic mass is 127. The second kappa shape index (κ2) is 12.9. The van der Waals surface area contributed by atoms with Crippen LogP contribution in [0.5, 0.6) is 0 Å². The Morgan fingerprint density at radius 1 is 1.24 bits per heavy atom. The van der Waals surface area contributed by atoms with Crippen LogP contribution in [0.3, 0.4) is 0 Å². The Morgan fingerprint density at radius 2 is 1.96 bits per heavy atom.